The Morgan fingerprint density at radius 1 is 1.44 bits per heavy atom. The van der Waals surface area contributed by atoms with Crippen LogP contribution in [0.2, 0.25) is 0 Å². The first-order valence-electron chi connectivity index (χ1n) is 4.76. The van der Waals surface area contributed by atoms with Crippen LogP contribution in [0.3, 0.4) is 0 Å². The Bertz CT molecular complexity index is 350. The monoisotopic (exact) mass is 226 g/mol. The zero-order valence-corrected chi connectivity index (χ0v) is 8.92. The van der Waals surface area contributed by atoms with Crippen LogP contribution in [-0.4, -0.2) is 36.0 Å². The molecule has 5 nitrogen and oxygen atoms in total. The normalized spacial score (nSPS) is 11.9. The van der Waals surface area contributed by atoms with Crippen molar-refractivity contribution in [3.8, 4) is 5.75 Å². The molecule has 0 aliphatic heterocycles. The fourth-order valence-electron chi connectivity index (χ4n) is 1.14. The van der Waals surface area contributed by atoms with E-state index in [9.17, 15) is 4.79 Å². The summed E-state index contributed by atoms with van der Waals surface area (Å²) in [6, 6.07) is 7.07. The van der Waals surface area contributed by atoms with E-state index in [4.69, 9.17) is 19.7 Å². The second-order valence-corrected chi connectivity index (χ2v) is 3.12. The number of carbonyl (C=O) groups excluding carboxylic acids is 1. The molecule has 1 rings (SSSR count). The molecule has 1 aromatic rings. The lowest BCUT2D eigenvalue weighted by molar-refractivity contribution is -0.156. The van der Waals surface area contributed by atoms with Crippen LogP contribution < -0.4 is 4.74 Å². The van der Waals surface area contributed by atoms with Gasteiger partial charge in [0, 0.05) is 5.56 Å². The minimum atomic E-state index is -1.49. The summed E-state index contributed by atoms with van der Waals surface area (Å²) < 4.78 is 9.86. The summed E-state index contributed by atoms with van der Waals surface area (Å²) >= 11 is 0. The summed E-state index contributed by atoms with van der Waals surface area (Å²) in [6.07, 6.45) is -1.49. The summed E-state index contributed by atoms with van der Waals surface area (Å²) in [6.45, 7) is -0.648. The number of para-hydroxylation sites is 1. The zero-order valence-electron chi connectivity index (χ0n) is 8.92. The highest BCUT2D eigenvalue weighted by Crippen LogP contribution is 2.18. The summed E-state index contributed by atoms with van der Waals surface area (Å²) in [7, 11) is 1.52. The van der Waals surface area contributed by atoms with Gasteiger partial charge in [-0.15, -0.1) is 0 Å². The van der Waals surface area contributed by atoms with E-state index >= 15 is 0 Å². The van der Waals surface area contributed by atoms with Gasteiger partial charge in [-0.05, 0) is 6.07 Å². The predicted octanol–water partition coefficient (Wildman–Crippen LogP) is 0.0916. The number of hydrogen-bond acceptors (Lipinski definition) is 5. The molecule has 5 heteroatoms. The number of ether oxygens (including phenoxy) is 2. The van der Waals surface area contributed by atoms with Gasteiger partial charge in [-0.1, -0.05) is 18.2 Å². The fraction of sp³-hybridized carbons (Fsp3) is 0.364. The second-order valence-electron chi connectivity index (χ2n) is 3.12. The van der Waals surface area contributed by atoms with Crippen molar-refractivity contribution in [3.05, 3.63) is 29.8 Å². The van der Waals surface area contributed by atoms with Gasteiger partial charge in [0.25, 0.3) is 0 Å². The number of esters is 1. The van der Waals surface area contributed by atoms with Crippen molar-refractivity contribution < 1.29 is 24.5 Å². The highest BCUT2D eigenvalue weighted by Gasteiger charge is 2.15. The van der Waals surface area contributed by atoms with Crippen molar-refractivity contribution in [2.24, 2.45) is 0 Å². The molecular formula is C11H14O5. The largest absolute Gasteiger partial charge is 0.496 e. The van der Waals surface area contributed by atoms with Gasteiger partial charge in [0.15, 0.2) is 6.10 Å². The molecule has 88 valence electrons. The van der Waals surface area contributed by atoms with Crippen molar-refractivity contribution in [3.63, 3.8) is 0 Å². The van der Waals surface area contributed by atoms with E-state index in [1.54, 1.807) is 24.3 Å². The third-order valence-electron chi connectivity index (χ3n) is 2.01. The number of rotatable bonds is 5. The van der Waals surface area contributed by atoms with Gasteiger partial charge in [-0.3, -0.25) is 0 Å². The Labute approximate surface area is 93.2 Å². The molecule has 0 aliphatic rings. The van der Waals surface area contributed by atoms with Gasteiger partial charge in [-0.25, -0.2) is 4.79 Å². The Hall–Kier alpha value is -1.59. The van der Waals surface area contributed by atoms with Gasteiger partial charge in [0.05, 0.1) is 13.7 Å². The highest BCUT2D eigenvalue weighted by molar-refractivity contribution is 5.74. The topological polar surface area (TPSA) is 76.0 Å². The van der Waals surface area contributed by atoms with E-state index < -0.39 is 18.7 Å². The van der Waals surface area contributed by atoms with Gasteiger partial charge in [-0.2, -0.15) is 0 Å². The average Bonchev–Trinajstić information content (AvgIpc) is 2.35. The van der Waals surface area contributed by atoms with E-state index in [0.717, 1.165) is 0 Å². The predicted molar refractivity (Wildman–Crippen MR) is 55.9 cm³/mol. The van der Waals surface area contributed by atoms with Gasteiger partial charge >= 0.3 is 5.97 Å². The number of carbonyl (C=O) groups is 1. The van der Waals surface area contributed by atoms with Gasteiger partial charge in [0.2, 0.25) is 0 Å². The lowest BCUT2D eigenvalue weighted by Gasteiger charge is -2.10. The van der Waals surface area contributed by atoms with Crippen LogP contribution in [0.1, 0.15) is 5.56 Å². The van der Waals surface area contributed by atoms with E-state index in [2.05, 4.69) is 0 Å². The molecule has 0 aliphatic carbocycles. The van der Waals surface area contributed by atoms with Crippen molar-refractivity contribution in [1.29, 1.82) is 0 Å². The van der Waals surface area contributed by atoms with E-state index in [0.29, 0.717) is 11.3 Å². The molecule has 1 unspecified atom stereocenters. The number of benzene rings is 1. The van der Waals surface area contributed by atoms with Crippen molar-refractivity contribution in [2.75, 3.05) is 13.7 Å². The van der Waals surface area contributed by atoms with Gasteiger partial charge < -0.3 is 19.7 Å². The molecule has 0 saturated heterocycles. The maximum atomic E-state index is 11.1. The first kappa shape index (κ1) is 12.5. The zero-order chi connectivity index (χ0) is 12.0. The van der Waals surface area contributed by atoms with E-state index in [1.807, 2.05) is 0 Å². The maximum Gasteiger partial charge on any atom is 0.337 e. The molecule has 0 spiro atoms. The standard InChI is InChI=1S/C11H14O5/c1-15-10-5-3-2-4-8(10)7-16-11(14)9(13)6-12/h2-5,9,12-13H,6-7H2,1H3. The van der Waals surface area contributed by atoms with Crippen molar-refractivity contribution >= 4 is 5.97 Å². The molecule has 0 amide bonds. The Morgan fingerprint density at radius 3 is 2.75 bits per heavy atom. The van der Waals surface area contributed by atoms with Crippen LogP contribution in [0.25, 0.3) is 0 Å². The number of aliphatic hydroxyl groups is 2. The Kier molecular flexibility index (Phi) is 4.75. The van der Waals surface area contributed by atoms with Crippen LogP contribution in [0, 0.1) is 0 Å². The van der Waals surface area contributed by atoms with E-state index in [-0.39, 0.29) is 6.61 Å². The quantitative estimate of drug-likeness (QED) is 0.696. The molecule has 1 atom stereocenters. The second kappa shape index (κ2) is 6.09. The maximum absolute atomic E-state index is 11.1. The van der Waals surface area contributed by atoms with Crippen LogP contribution >= 0.6 is 0 Å². The molecule has 0 aromatic heterocycles. The van der Waals surface area contributed by atoms with Crippen LogP contribution in [0.5, 0.6) is 5.75 Å². The Morgan fingerprint density at radius 2 is 2.12 bits per heavy atom. The number of methoxy groups -OCH3 is 1. The molecule has 0 saturated carbocycles. The highest BCUT2D eigenvalue weighted by atomic mass is 16.5. The lowest BCUT2D eigenvalue weighted by atomic mass is 10.2. The fourth-order valence-corrected chi connectivity index (χ4v) is 1.14. The number of aliphatic hydroxyl groups excluding tert-OH is 2. The van der Waals surface area contributed by atoms with Crippen molar-refractivity contribution in [2.45, 2.75) is 12.7 Å². The molecule has 0 heterocycles. The lowest BCUT2D eigenvalue weighted by Crippen LogP contribution is -2.26. The van der Waals surface area contributed by atoms with Crippen LogP contribution in [0.15, 0.2) is 24.3 Å². The summed E-state index contributed by atoms with van der Waals surface area (Å²) in [5.41, 5.74) is 0.698. The third kappa shape index (κ3) is 3.22. The summed E-state index contributed by atoms with van der Waals surface area (Å²) in [4.78, 5) is 11.1. The molecule has 0 radical (unpaired) electrons. The van der Waals surface area contributed by atoms with Crippen LogP contribution in [-0.2, 0) is 16.1 Å². The van der Waals surface area contributed by atoms with Crippen molar-refractivity contribution in [1.82, 2.24) is 0 Å². The molecular weight excluding hydrogens is 212 g/mol. The SMILES string of the molecule is COc1ccccc1COC(=O)C(O)CO. The molecule has 1 aromatic carbocycles. The summed E-state index contributed by atoms with van der Waals surface area (Å²) in [5, 5.41) is 17.5. The molecule has 16 heavy (non-hydrogen) atoms. The van der Waals surface area contributed by atoms with Crippen LogP contribution in [0.4, 0.5) is 0 Å². The summed E-state index contributed by atoms with van der Waals surface area (Å²) in [5.74, 6) is -0.248. The minimum Gasteiger partial charge on any atom is -0.496 e. The molecule has 0 bridgehead atoms. The Balaban J connectivity index is 2.57. The average molecular weight is 226 g/mol. The smallest absolute Gasteiger partial charge is 0.337 e. The van der Waals surface area contributed by atoms with E-state index in [1.165, 1.54) is 7.11 Å². The first-order valence-corrected chi connectivity index (χ1v) is 4.76. The molecule has 2 N–H and O–H groups in total. The minimum absolute atomic E-state index is 0.0000926. The molecule has 0 fully saturated rings. The third-order valence-corrected chi connectivity index (χ3v) is 2.01. The number of hydrogen-bond donors (Lipinski definition) is 2. The first-order chi connectivity index (χ1) is 7.69. The van der Waals surface area contributed by atoms with Gasteiger partial charge in [0.1, 0.15) is 12.4 Å².